The van der Waals surface area contributed by atoms with E-state index < -0.39 is 12.6 Å². The molecule has 0 aromatic carbocycles. The number of halogens is 3. The van der Waals surface area contributed by atoms with E-state index in [9.17, 15) is 13.2 Å². The number of nitrogens with two attached hydrogens (primary N) is 1. The molecular formula is C10H19F3N2. The number of nitrogens with one attached hydrogen (secondary N) is 1. The predicted octanol–water partition coefficient (Wildman–Crippen LogP) is 2.05. The first-order valence-electron chi connectivity index (χ1n) is 5.38. The maximum atomic E-state index is 11.8. The van der Waals surface area contributed by atoms with Crippen molar-refractivity contribution in [3.05, 3.63) is 0 Å². The lowest BCUT2D eigenvalue weighted by Crippen LogP contribution is -2.48. The van der Waals surface area contributed by atoms with E-state index in [1.165, 1.54) is 0 Å². The molecule has 0 bridgehead atoms. The molecule has 15 heavy (non-hydrogen) atoms. The van der Waals surface area contributed by atoms with Crippen LogP contribution in [0.2, 0.25) is 0 Å². The van der Waals surface area contributed by atoms with Crippen LogP contribution >= 0.6 is 0 Å². The summed E-state index contributed by atoms with van der Waals surface area (Å²) in [6.45, 7) is 2.95. The van der Waals surface area contributed by atoms with Crippen LogP contribution in [-0.2, 0) is 0 Å². The Morgan fingerprint density at radius 1 is 1.33 bits per heavy atom. The Balaban J connectivity index is 2.01. The third-order valence-electron chi connectivity index (χ3n) is 2.83. The molecule has 1 saturated carbocycles. The lowest BCUT2D eigenvalue weighted by atomic mass is 9.97. The molecule has 1 aliphatic rings. The van der Waals surface area contributed by atoms with Crippen LogP contribution in [0.15, 0.2) is 0 Å². The summed E-state index contributed by atoms with van der Waals surface area (Å²) in [5.74, 6) is 0.549. The van der Waals surface area contributed by atoms with Gasteiger partial charge in [0.25, 0.3) is 0 Å². The average Bonchev–Trinajstić information content (AvgIpc) is 2.82. The highest BCUT2D eigenvalue weighted by Gasteiger charge is 2.37. The molecule has 1 fully saturated rings. The van der Waals surface area contributed by atoms with Gasteiger partial charge in [-0.05, 0) is 38.6 Å². The van der Waals surface area contributed by atoms with Gasteiger partial charge in [0, 0.05) is 18.5 Å². The van der Waals surface area contributed by atoms with Crippen molar-refractivity contribution >= 4 is 0 Å². The molecule has 0 heterocycles. The van der Waals surface area contributed by atoms with Crippen LogP contribution in [0, 0.1) is 5.92 Å². The lowest BCUT2D eigenvalue weighted by molar-refractivity contribution is -0.135. The maximum absolute atomic E-state index is 11.8. The maximum Gasteiger partial charge on any atom is 0.389 e. The Morgan fingerprint density at radius 2 is 1.93 bits per heavy atom. The second-order valence-electron chi connectivity index (χ2n) is 4.68. The lowest BCUT2D eigenvalue weighted by Gasteiger charge is -2.24. The van der Waals surface area contributed by atoms with Gasteiger partial charge in [0.15, 0.2) is 0 Å². The monoisotopic (exact) mass is 224 g/mol. The van der Waals surface area contributed by atoms with Gasteiger partial charge >= 0.3 is 6.18 Å². The molecule has 1 unspecified atom stereocenters. The first kappa shape index (κ1) is 12.8. The first-order chi connectivity index (χ1) is 6.81. The van der Waals surface area contributed by atoms with E-state index in [1.807, 2.05) is 6.92 Å². The number of hydrogen-bond donors (Lipinski definition) is 2. The molecule has 0 aliphatic heterocycles. The van der Waals surface area contributed by atoms with Crippen LogP contribution in [0.4, 0.5) is 13.2 Å². The summed E-state index contributed by atoms with van der Waals surface area (Å²) in [6.07, 6.45) is -2.33. The van der Waals surface area contributed by atoms with Gasteiger partial charge in [-0.3, -0.25) is 0 Å². The van der Waals surface area contributed by atoms with Gasteiger partial charge in [0.05, 0.1) is 0 Å². The molecule has 3 N–H and O–H groups in total. The van der Waals surface area contributed by atoms with Gasteiger partial charge in [-0.15, -0.1) is 0 Å². The van der Waals surface area contributed by atoms with E-state index in [0.29, 0.717) is 19.0 Å². The van der Waals surface area contributed by atoms with Gasteiger partial charge in [-0.2, -0.15) is 13.2 Å². The van der Waals surface area contributed by atoms with Crippen LogP contribution in [0.3, 0.4) is 0 Å². The van der Waals surface area contributed by atoms with Gasteiger partial charge in [-0.1, -0.05) is 0 Å². The Morgan fingerprint density at radius 3 is 2.40 bits per heavy atom. The summed E-state index contributed by atoms with van der Waals surface area (Å²) in [7, 11) is 0. The molecule has 90 valence electrons. The highest BCUT2D eigenvalue weighted by Crippen LogP contribution is 2.37. The van der Waals surface area contributed by atoms with Gasteiger partial charge in [0.1, 0.15) is 0 Å². The Kier molecular flexibility index (Phi) is 4.00. The Bertz CT molecular complexity index is 197. The molecular weight excluding hydrogens is 205 g/mol. The second kappa shape index (κ2) is 4.70. The Hall–Kier alpha value is -0.290. The smallest absolute Gasteiger partial charge is 0.324 e. The highest BCUT2D eigenvalue weighted by atomic mass is 19.4. The molecule has 0 saturated heterocycles. The van der Waals surface area contributed by atoms with E-state index in [1.54, 1.807) is 0 Å². The quantitative estimate of drug-likeness (QED) is 0.678. The standard InChI is InChI=1S/C10H19F3N2/c1-9(14,8-3-4-8)7-15-6-2-5-10(11,12)13/h8,15H,2-7,14H2,1H3. The van der Waals surface area contributed by atoms with Crippen molar-refractivity contribution in [3.8, 4) is 0 Å². The minimum Gasteiger partial charge on any atom is -0.324 e. The van der Waals surface area contributed by atoms with Crippen molar-refractivity contribution in [2.24, 2.45) is 11.7 Å². The highest BCUT2D eigenvalue weighted by molar-refractivity contribution is 4.96. The van der Waals surface area contributed by atoms with E-state index in [-0.39, 0.29) is 12.0 Å². The zero-order chi connectivity index (χ0) is 11.5. The molecule has 1 atom stereocenters. The van der Waals surface area contributed by atoms with Gasteiger partial charge < -0.3 is 11.1 Å². The fraction of sp³-hybridized carbons (Fsp3) is 1.00. The third kappa shape index (κ3) is 5.37. The molecule has 0 amide bonds. The zero-order valence-corrected chi connectivity index (χ0v) is 9.03. The second-order valence-corrected chi connectivity index (χ2v) is 4.68. The molecule has 0 aromatic heterocycles. The van der Waals surface area contributed by atoms with E-state index in [4.69, 9.17) is 5.73 Å². The van der Waals surface area contributed by atoms with Gasteiger partial charge in [-0.25, -0.2) is 0 Å². The van der Waals surface area contributed by atoms with E-state index in [2.05, 4.69) is 5.32 Å². The SMILES string of the molecule is CC(N)(CNCCCC(F)(F)F)C1CC1. The number of hydrogen-bond acceptors (Lipinski definition) is 2. The molecule has 5 heteroatoms. The summed E-state index contributed by atoms with van der Waals surface area (Å²) in [5.41, 5.74) is 5.75. The largest absolute Gasteiger partial charge is 0.389 e. The van der Waals surface area contributed by atoms with E-state index in [0.717, 1.165) is 12.8 Å². The summed E-state index contributed by atoms with van der Waals surface area (Å²) >= 11 is 0. The van der Waals surface area contributed by atoms with Crippen LogP contribution in [0.5, 0.6) is 0 Å². The normalized spacial score (nSPS) is 21.4. The number of rotatable bonds is 6. The van der Waals surface area contributed by atoms with Crippen LogP contribution in [0.1, 0.15) is 32.6 Å². The van der Waals surface area contributed by atoms with Crippen molar-refractivity contribution in [3.63, 3.8) is 0 Å². The summed E-state index contributed by atoms with van der Waals surface area (Å²) in [4.78, 5) is 0. The molecule has 0 spiro atoms. The average molecular weight is 224 g/mol. The fourth-order valence-electron chi connectivity index (χ4n) is 1.66. The minimum absolute atomic E-state index is 0.129. The summed E-state index contributed by atoms with van der Waals surface area (Å²) in [5, 5.41) is 2.99. The molecule has 0 radical (unpaired) electrons. The summed E-state index contributed by atoms with van der Waals surface area (Å²) in [6, 6.07) is 0. The molecule has 1 rings (SSSR count). The summed E-state index contributed by atoms with van der Waals surface area (Å²) < 4.78 is 35.4. The van der Waals surface area contributed by atoms with Crippen molar-refractivity contribution in [2.75, 3.05) is 13.1 Å². The minimum atomic E-state index is -4.04. The van der Waals surface area contributed by atoms with Crippen molar-refractivity contribution in [1.82, 2.24) is 5.32 Å². The molecule has 0 aromatic rings. The predicted molar refractivity (Wildman–Crippen MR) is 53.5 cm³/mol. The van der Waals surface area contributed by atoms with Crippen LogP contribution in [0.25, 0.3) is 0 Å². The van der Waals surface area contributed by atoms with Gasteiger partial charge in [0.2, 0.25) is 0 Å². The van der Waals surface area contributed by atoms with E-state index >= 15 is 0 Å². The van der Waals surface area contributed by atoms with Crippen molar-refractivity contribution in [1.29, 1.82) is 0 Å². The fourth-order valence-corrected chi connectivity index (χ4v) is 1.66. The van der Waals surface area contributed by atoms with Crippen molar-refractivity contribution in [2.45, 2.75) is 44.3 Å². The van der Waals surface area contributed by atoms with Crippen LogP contribution in [-0.4, -0.2) is 24.8 Å². The van der Waals surface area contributed by atoms with Crippen LogP contribution < -0.4 is 11.1 Å². The zero-order valence-electron chi connectivity index (χ0n) is 9.03. The topological polar surface area (TPSA) is 38.0 Å². The number of alkyl halides is 3. The Labute approximate surface area is 88.4 Å². The third-order valence-corrected chi connectivity index (χ3v) is 2.83. The first-order valence-corrected chi connectivity index (χ1v) is 5.38. The van der Waals surface area contributed by atoms with Crippen molar-refractivity contribution < 1.29 is 13.2 Å². The molecule has 1 aliphatic carbocycles. The molecule has 2 nitrogen and oxygen atoms in total.